The summed E-state index contributed by atoms with van der Waals surface area (Å²) in [4.78, 5) is 0. The van der Waals surface area contributed by atoms with Gasteiger partial charge in [-0.2, -0.15) is 10.2 Å². The molecule has 2 rings (SSSR count). The number of nitrogens with zero attached hydrogens (tertiary/aromatic N) is 2. The number of ether oxygens (including phenoxy) is 1. The normalized spacial score (nSPS) is 10.0. The van der Waals surface area contributed by atoms with Crippen LogP contribution in [-0.2, 0) is 0 Å². The van der Waals surface area contributed by atoms with Gasteiger partial charge in [0.1, 0.15) is 5.75 Å². The van der Waals surface area contributed by atoms with Gasteiger partial charge in [-0.15, -0.1) is 0 Å². The second-order valence-corrected chi connectivity index (χ2v) is 3.91. The minimum atomic E-state index is 0.814. The zero-order chi connectivity index (χ0) is 10.7. The first-order chi connectivity index (χ1) is 7.29. The van der Waals surface area contributed by atoms with Gasteiger partial charge in [-0.3, -0.25) is 0 Å². The number of hydrogen-bond acceptors (Lipinski definition) is 3. The number of halogens is 1. The van der Waals surface area contributed by atoms with Gasteiger partial charge in [0.2, 0.25) is 0 Å². The number of benzene rings is 1. The Labute approximate surface area is 96.2 Å². The van der Waals surface area contributed by atoms with E-state index in [2.05, 4.69) is 26.1 Å². The van der Waals surface area contributed by atoms with Gasteiger partial charge < -0.3 is 4.74 Å². The molecular weight excluding hydrogens is 256 g/mol. The number of methoxy groups -OCH3 is 1. The van der Waals surface area contributed by atoms with Gasteiger partial charge in [-0.1, -0.05) is 12.1 Å². The molecule has 0 saturated heterocycles. The first-order valence-corrected chi connectivity index (χ1v) is 5.21. The second-order valence-electron chi connectivity index (χ2n) is 2.99. The molecule has 1 heterocycles. The van der Waals surface area contributed by atoms with E-state index in [1.165, 1.54) is 0 Å². The minimum Gasteiger partial charge on any atom is -0.497 e. The average molecular weight is 265 g/mol. The van der Waals surface area contributed by atoms with Crippen LogP contribution < -0.4 is 4.74 Å². The summed E-state index contributed by atoms with van der Waals surface area (Å²) < 4.78 is 6.06. The van der Waals surface area contributed by atoms with Gasteiger partial charge >= 0.3 is 0 Å². The van der Waals surface area contributed by atoms with Gasteiger partial charge in [0.25, 0.3) is 0 Å². The van der Waals surface area contributed by atoms with Crippen molar-refractivity contribution in [1.29, 1.82) is 0 Å². The molecule has 0 bridgehead atoms. The Balaban J connectivity index is 2.44. The lowest BCUT2D eigenvalue weighted by molar-refractivity contribution is 0.415. The Morgan fingerprint density at radius 2 is 2.13 bits per heavy atom. The summed E-state index contributed by atoms with van der Waals surface area (Å²) in [6.45, 7) is 0. The molecule has 0 fully saturated rings. The van der Waals surface area contributed by atoms with Crippen molar-refractivity contribution in [3.05, 3.63) is 41.0 Å². The van der Waals surface area contributed by atoms with Crippen LogP contribution >= 0.6 is 15.9 Å². The maximum Gasteiger partial charge on any atom is 0.119 e. The topological polar surface area (TPSA) is 35.0 Å². The summed E-state index contributed by atoms with van der Waals surface area (Å²) in [7, 11) is 1.64. The monoisotopic (exact) mass is 264 g/mol. The van der Waals surface area contributed by atoms with Crippen molar-refractivity contribution in [3.63, 3.8) is 0 Å². The molecule has 0 unspecified atom stereocenters. The van der Waals surface area contributed by atoms with E-state index in [-0.39, 0.29) is 0 Å². The van der Waals surface area contributed by atoms with Gasteiger partial charge in [-0.05, 0) is 34.1 Å². The van der Waals surface area contributed by atoms with Crippen LogP contribution in [0.4, 0.5) is 0 Å². The van der Waals surface area contributed by atoms with E-state index in [4.69, 9.17) is 4.74 Å². The molecule has 0 spiro atoms. The Hall–Kier alpha value is -1.42. The fourth-order valence-electron chi connectivity index (χ4n) is 1.27. The zero-order valence-corrected chi connectivity index (χ0v) is 9.73. The third kappa shape index (κ3) is 2.33. The number of rotatable bonds is 2. The van der Waals surface area contributed by atoms with Gasteiger partial charge in [-0.25, -0.2) is 0 Å². The highest BCUT2D eigenvalue weighted by Gasteiger charge is 2.01. The largest absolute Gasteiger partial charge is 0.497 e. The maximum atomic E-state index is 5.15. The van der Waals surface area contributed by atoms with Crippen molar-refractivity contribution in [2.45, 2.75) is 0 Å². The fraction of sp³-hybridized carbons (Fsp3) is 0.0909. The second kappa shape index (κ2) is 4.40. The van der Waals surface area contributed by atoms with Crippen LogP contribution in [0, 0.1) is 0 Å². The van der Waals surface area contributed by atoms with Gasteiger partial charge in [0.15, 0.2) is 0 Å². The fourth-order valence-corrected chi connectivity index (χ4v) is 1.57. The van der Waals surface area contributed by atoms with E-state index in [1.807, 2.05) is 30.3 Å². The van der Waals surface area contributed by atoms with Crippen molar-refractivity contribution in [3.8, 4) is 17.0 Å². The molecule has 0 N–H and O–H groups in total. The van der Waals surface area contributed by atoms with E-state index >= 15 is 0 Å². The summed E-state index contributed by atoms with van der Waals surface area (Å²) in [5.41, 5.74) is 1.81. The van der Waals surface area contributed by atoms with E-state index in [9.17, 15) is 0 Å². The average Bonchev–Trinajstić information content (AvgIpc) is 2.29. The molecule has 2 aromatic rings. The molecule has 0 aliphatic rings. The molecular formula is C11H9BrN2O. The first-order valence-electron chi connectivity index (χ1n) is 4.42. The van der Waals surface area contributed by atoms with Crippen molar-refractivity contribution >= 4 is 15.9 Å². The SMILES string of the molecule is COc1cccc(-c2cc(Br)cnn2)c1. The third-order valence-corrected chi connectivity index (χ3v) is 2.42. The standard InChI is InChI=1S/C11H9BrN2O/c1-15-10-4-2-3-8(5-10)11-6-9(12)7-13-14-11/h2-7H,1H3. The molecule has 1 aromatic carbocycles. The van der Waals surface area contributed by atoms with E-state index < -0.39 is 0 Å². The van der Waals surface area contributed by atoms with Gasteiger partial charge in [0.05, 0.1) is 19.0 Å². The lowest BCUT2D eigenvalue weighted by Crippen LogP contribution is -1.88. The van der Waals surface area contributed by atoms with Crippen LogP contribution in [0.25, 0.3) is 11.3 Å². The highest BCUT2D eigenvalue weighted by Crippen LogP contribution is 2.23. The molecule has 4 heteroatoms. The van der Waals surface area contributed by atoms with Crippen molar-refractivity contribution < 1.29 is 4.74 Å². The highest BCUT2D eigenvalue weighted by molar-refractivity contribution is 9.10. The van der Waals surface area contributed by atoms with Gasteiger partial charge in [0, 0.05) is 10.0 Å². The van der Waals surface area contributed by atoms with E-state index in [1.54, 1.807) is 13.3 Å². The van der Waals surface area contributed by atoms with E-state index in [0.29, 0.717) is 0 Å². The highest BCUT2D eigenvalue weighted by atomic mass is 79.9. The number of aromatic nitrogens is 2. The smallest absolute Gasteiger partial charge is 0.119 e. The van der Waals surface area contributed by atoms with Crippen LogP contribution in [-0.4, -0.2) is 17.3 Å². The first kappa shape index (κ1) is 10.1. The Bertz CT molecular complexity index is 474. The summed E-state index contributed by atoms with van der Waals surface area (Å²) in [5.74, 6) is 0.814. The summed E-state index contributed by atoms with van der Waals surface area (Å²) in [5, 5.41) is 7.93. The molecule has 0 saturated carbocycles. The summed E-state index contributed by atoms with van der Waals surface area (Å²) >= 11 is 3.36. The van der Waals surface area contributed by atoms with Crippen LogP contribution in [0.1, 0.15) is 0 Å². The molecule has 0 amide bonds. The predicted octanol–water partition coefficient (Wildman–Crippen LogP) is 2.91. The summed E-state index contributed by atoms with van der Waals surface area (Å²) in [6.07, 6.45) is 1.66. The molecule has 0 atom stereocenters. The molecule has 15 heavy (non-hydrogen) atoms. The minimum absolute atomic E-state index is 0.814. The molecule has 0 aliphatic carbocycles. The van der Waals surface area contributed by atoms with Crippen LogP contribution in [0.3, 0.4) is 0 Å². The van der Waals surface area contributed by atoms with Crippen molar-refractivity contribution in [1.82, 2.24) is 10.2 Å². The lowest BCUT2D eigenvalue weighted by atomic mass is 10.1. The van der Waals surface area contributed by atoms with Crippen LogP contribution in [0.15, 0.2) is 41.0 Å². The van der Waals surface area contributed by atoms with Crippen molar-refractivity contribution in [2.75, 3.05) is 7.11 Å². The Morgan fingerprint density at radius 1 is 1.27 bits per heavy atom. The zero-order valence-electron chi connectivity index (χ0n) is 8.14. The lowest BCUT2D eigenvalue weighted by Gasteiger charge is -2.03. The van der Waals surface area contributed by atoms with Crippen LogP contribution in [0.2, 0.25) is 0 Å². The third-order valence-electron chi connectivity index (χ3n) is 1.99. The maximum absolute atomic E-state index is 5.15. The molecule has 0 radical (unpaired) electrons. The Kier molecular flexibility index (Phi) is 2.97. The molecule has 3 nitrogen and oxygen atoms in total. The molecule has 76 valence electrons. The molecule has 0 aliphatic heterocycles. The Morgan fingerprint density at radius 3 is 2.87 bits per heavy atom. The van der Waals surface area contributed by atoms with Crippen molar-refractivity contribution in [2.24, 2.45) is 0 Å². The quantitative estimate of drug-likeness (QED) is 0.837. The molecule has 1 aromatic heterocycles. The number of hydrogen-bond donors (Lipinski definition) is 0. The van der Waals surface area contributed by atoms with Crippen LogP contribution in [0.5, 0.6) is 5.75 Å². The van der Waals surface area contributed by atoms with E-state index in [0.717, 1.165) is 21.5 Å². The summed E-state index contributed by atoms with van der Waals surface area (Å²) in [6, 6.07) is 9.64. The predicted molar refractivity (Wildman–Crippen MR) is 61.7 cm³/mol.